The molecule has 2 aliphatic heterocycles. The molecule has 9 heteroatoms. The molecule has 2 heterocycles. The lowest BCUT2D eigenvalue weighted by Crippen LogP contribution is -2.48. The van der Waals surface area contributed by atoms with Crippen LogP contribution < -0.4 is 14.5 Å². The number of hydrogen-bond donors (Lipinski definition) is 1. The van der Waals surface area contributed by atoms with E-state index in [9.17, 15) is 24.3 Å². The maximum Gasteiger partial charge on any atom is 0.241 e. The van der Waals surface area contributed by atoms with Crippen molar-refractivity contribution in [3.05, 3.63) is 95.0 Å². The Hall–Kier alpha value is -4.43. The summed E-state index contributed by atoms with van der Waals surface area (Å²) >= 11 is 6.08. The first kappa shape index (κ1) is 28.3. The molecule has 2 aliphatic carbocycles. The van der Waals surface area contributed by atoms with Gasteiger partial charge in [-0.1, -0.05) is 53.6 Å². The van der Waals surface area contributed by atoms with Crippen molar-refractivity contribution in [1.82, 2.24) is 0 Å². The maximum atomic E-state index is 14.5. The van der Waals surface area contributed by atoms with Gasteiger partial charge in [-0.15, -0.1) is 0 Å². The second kappa shape index (κ2) is 10.3. The third kappa shape index (κ3) is 3.90. The number of fused-ring (bicyclic) bond motifs is 4. The fourth-order valence-electron chi connectivity index (χ4n) is 8.07. The predicted octanol–water partition coefficient (Wildman–Crippen LogP) is 5.88. The maximum absolute atomic E-state index is 14.5. The number of halogens is 1. The monoisotopic (exact) mass is 610 g/mol. The van der Waals surface area contributed by atoms with Gasteiger partial charge in [-0.2, -0.15) is 0 Å². The molecule has 0 radical (unpaired) electrons. The van der Waals surface area contributed by atoms with Crippen LogP contribution in [0.5, 0.6) is 11.5 Å². The highest BCUT2D eigenvalue weighted by Gasteiger charge is 2.68. The van der Waals surface area contributed by atoms with E-state index in [-0.39, 0.29) is 41.5 Å². The molecule has 6 atom stereocenters. The number of allylic oxidation sites excluding steroid dienone is 2. The van der Waals surface area contributed by atoms with Crippen LogP contribution in [0.1, 0.15) is 38.2 Å². The van der Waals surface area contributed by atoms with Gasteiger partial charge in [-0.05, 0) is 75.1 Å². The normalized spacial score (nSPS) is 29.3. The average Bonchev–Trinajstić information content (AvgIpc) is 3.39. The molecular formula is C35H31ClN2O6. The minimum atomic E-state index is -1.26. The van der Waals surface area contributed by atoms with E-state index in [0.29, 0.717) is 35.0 Å². The number of anilines is 2. The zero-order chi connectivity index (χ0) is 30.9. The molecule has 44 heavy (non-hydrogen) atoms. The van der Waals surface area contributed by atoms with Gasteiger partial charge in [-0.25, -0.2) is 4.90 Å². The Kier molecular flexibility index (Phi) is 6.66. The highest BCUT2D eigenvalue weighted by molar-refractivity contribution is 6.31. The number of phenols is 1. The van der Waals surface area contributed by atoms with Gasteiger partial charge in [0.05, 0.1) is 41.2 Å². The second-order valence-electron chi connectivity index (χ2n) is 12.1. The first-order valence-electron chi connectivity index (χ1n) is 14.9. The van der Waals surface area contributed by atoms with Crippen molar-refractivity contribution in [3.63, 3.8) is 0 Å². The van der Waals surface area contributed by atoms with Crippen LogP contribution in [0.2, 0.25) is 5.02 Å². The number of phenolic OH excluding ortho intramolecular Hbond substituents is 1. The Morgan fingerprint density at radius 3 is 2.27 bits per heavy atom. The summed E-state index contributed by atoms with van der Waals surface area (Å²) in [5.74, 6) is -4.47. The summed E-state index contributed by atoms with van der Waals surface area (Å²) in [6.07, 6.45) is 2.50. The van der Waals surface area contributed by atoms with E-state index in [0.717, 1.165) is 5.57 Å². The van der Waals surface area contributed by atoms with Crippen LogP contribution in [0, 0.1) is 29.1 Å². The molecule has 1 N–H and O–H groups in total. The topological polar surface area (TPSA) is 104 Å². The molecule has 1 saturated carbocycles. The number of amides is 4. The lowest BCUT2D eigenvalue weighted by atomic mass is 9.51. The number of hydrogen-bond acceptors (Lipinski definition) is 6. The lowest BCUT2D eigenvalue weighted by molar-refractivity contribution is -0.131. The van der Waals surface area contributed by atoms with E-state index in [1.165, 1.54) is 9.80 Å². The highest BCUT2D eigenvalue weighted by atomic mass is 35.5. The summed E-state index contributed by atoms with van der Waals surface area (Å²) in [7, 11) is 0. The molecule has 4 aliphatic rings. The molecule has 3 aromatic carbocycles. The van der Waals surface area contributed by atoms with Crippen LogP contribution in [0.3, 0.4) is 0 Å². The van der Waals surface area contributed by atoms with Gasteiger partial charge in [0.2, 0.25) is 23.6 Å². The van der Waals surface area contributed by atoms with Crippen molar-refractivity contribution < 1.29 is 29.0 Å². The van der Waals surface area contributed by atoms with Crippen molar-refractivity contribution >= 4 is 46.6 Å². The fourth-order valence-corrected chi connectivity index (χ4v) is 8.20. The van der Waals surface area contributed by atoms with E-state index in [1.807, 2.05) is 19.1 Å². The third-order valence-electron chi connectivity index (χ3n) is 10.0. The Balaban J connectivity index is 1.38. The van der Waals surface area contributed by atoms with E-state index in [1.54, 1.807) is 73.7 Å². The summed E-state index contributed by atoms with van der Waals surface area (Å²) in [5.41, 5.74) is 0.915. The number of benzene rings is 3. The SMILES string of the molecule is CCOc1cccc(C2C3=CCC4C(=O)N(c5ccc(Cl)cc5)C(=O)C4C3CC3C(=O)N(c4ccccc4)C(=O)C32C)c1O. The molecule has 6 unspecified atom stereocenters. The zero-order valence-corrected chi connectivity index (χ0v) is 25.0. The molecule has 3 fully saturated rings. The third-order valence-corrected chi connectivity index (χ3v) is 10.3. The smallest absolute Gasteiger partial charge is 0.241 e. The van der Waals surface area contributed by atoms with Gasteiger partial charge in [0, 0.05) is 16.5 Å². The molecule has 0 bridgehead atoms. The van der Waals surface area contributed by atoms with E-state index < -0.39 is 35.0 Å². The van der Waals surface area contributed by atoms with Gasteiger partial charge < -0.3 is 9.84 Å². The Morgan fingerprint density at radius 2 is 1.57 bits per heavy atom. The zero-order valence-electron chi connectivity index (χ0n) is 24.3. The molecule has 7 rings (SSSR count). The standard InChI is InChI=1S/C35H31ClN2O6/c1-3-44-27-11-7-10-24(30(27)39)29-22-16-17-23-28(33(42)37(31(23)40)21-14-12-19(36)13-15-21)25(22)18-26-32(41)38(34(43)35(26,29)2)20-8-5-4-6-9-20/h4-16,23,25-26,28-29,39H,3,17-18H2,1-2H3. The number of nitrogens with zero attached hydrogens (tertiary/aromatic N) is 2. The number of carbonyl (C=O) groups excluding carboxylic acids is 4. The summed E-state index contributed by atoms with van der Waals surface area (Å²) in [5, 5.41) is 12.0. The van der Waals surface area contributed by atoms with Gasteiger partial charge >= 0.3 is 0 Å². The van der Waals surface area contributed by atoms with E-state index in [4.69, 9.17) is 16.3 Å². The van der Waals surface area contributed by atoms with Crippen molar-refractivity contribution in [3.8, 4) is 11.5 Å². The largest absolute Gasteiger partial charge is 0.504 e. The molecule has 224 valence electrons. The number of imide groups is 2. The van der Waals surface area contributed by atoms with Gasteiger partial charge in [-0.3, -0.25) is 24.1 Å². The molecule has 2 saturated heterocycles. The summed E-state index contributed by atoms with van der Waals surface area (Å²) in [6, 6.07) is 20.6. The average molecular weight is 611 g/mol. The number of rotatable bonds is 5. The first-order valence-corrected chi connectivity index (χ1v) is 15.3. The summed E-state index contributed by atoms with van der Waals surface area (Å²) in [4.78, 5) is 59.1. The fraction of sp³-hybridized carbons (Fsp3) is 0.314. The number of para-hydroxylation sites is 2. The van der Waals surface area contributed by atoms with E-state index in [2.05, 4.69) is 0 Å². The van der Waals surface area contributed by atoms with Crippen molar-refractivity contribution in [1.29, 1.82) is 0 Å². The quantitative estimate of drug-likeness (QED) is 0.286. The van der Waals surface area contributed by atoms with Gasteiger partial charge in [0.1, 0.15) is 0 Å². The van der Waals surface area contributed by atoms with E-state index >= 15 is 0 Å². The van der Waals surface area contributed by atoms with Crippen LogP contribution in [-0.4, -0.2) is 35.3 Å². The Bertz CT molecular complexity index is 1740. The molecule has 8 nitrogen and oxygen atoms in total. The minimum absolute atomic E-state index is 0.0991. The number of ether oxygens (including phenoxy) is 1. The summed E-state index contributed by atoms with van der Waals surface area (Å²) in [6.45, 7) is 3.94. The first-order chi connectivity index (χ1) is 21.2. The second-order valence-corrected chi connectivity index (χ2v) is 12.5. The van der Waals surface area contributed by atoms with Crippen LogP contribution in [0.25, 0.3) is 0 Å². The van der Waals surface area contributed by atoms with Gasteiger partial charge in [0.25, 0.3) is 0 Å². The summed E-state index contributed by atoms with van der Waals surface area (Å²) < 4.78 is 5.71. The Labute approximate surface area is 259 Å². The van der Waals surface area contributed by atoms with Gasteiger partial charge in [0.15, 0.2) is 11.5 Å². The molecule has 4 amide bonds. The van der Waals surface area contributed by atoms with Crippen LogP contribution in [0.15, 0.2) is 84.4 Å². The van der Waals surface area contributed by atoms with Crippen LogP contribution >= 0.6 is 11.6 Å². The van der Waals surface area contributed by atoms with Crippen molar-refractivity contribution in [2.24, 2.45) is 29.1 Å². The highest BCUT2D eigenvalue weighted by Crippen LogP contribution is 2.64. The van der Waals surface area contributed by atoms with Crippen LogP contribution in [0.4, 0.5) is 11.4 Å². The van der Waals surface area contributed by atoms with Crippen molar-refractivity contribution in [2.45, 2.75) is 32.6 Å². The Morgan fingerprint density at radius 1 is 0.864 bits per heavy atom. The number of aromatic hydroxyl groups is 1. The predicted molar refractivity (Wildman–Crippen MR) is 164 cm³/mol. The molecule has 0 spiro atoms. The van der Waals surface area contributed by atoms with Crippen LogP contribution in [-0.2, 0) is 19.2 Å². The molecular weight excluding hydrogens is 580 g/mol. The van der Waals surface area contributed by atoms with Crippen molar-refractivity contribution in [2.75, 3.05) is 16.4 Å². The molecule has 0 aromatic heterocycles. The number of carbonyl (C=O) groups is 4. The minimum Gasteiger partial charge on any atom is -0.504 e. The lowest BCUT2D eigenvalue weighted by Gasteiger charge is -2.49. The molecule has 3 aromatic rings.